The van der Waals surface area contributed by atoms with Crippen molar-refractivity contribution in [3.8, 4) is 0 Å². The second-order valence-corrected chi connectivity index (χ2v) is 6.79. The Morgan fingerprint density at radius 2 is 1.42 bits per heavy atom. The number of hydrogen-bond acceptors (Lipinski definition) is 3. The second-order valence-electron chi connectivity index (χ2n) is 6.79. The molecule has 5 nitrogen and oxygen atoms in total. The van der Waals surface area contributed by atoms with Gasteiger partial charge in [0.2, 0.25) is 12.5 Å². The van der Waals surface area contributed by atoms with Gasteiger partial charge in [-0.3, -0.25) is 14.5 Å². The van der Waals surface area contributed by atoms with Crippen LogP contribution in [0.1, 0.15) is 71.1 Å². The first kappa shape index (κ1) is 22.3. The highest BCUT2D eigenvalue weighted by atomic mass is 16.3. The third kappa shape index (κ3) is 9.66. The molecule has 0 aliphatic rings. The van der Waals surface area contributed by atoms with E-state index in [9.17, 15) is 14.7 Å². The van der Waals surface area contributed by atoms with Crippen molar-refractivity contribution in [2.45, 2.75) is 77.7 Å². The first-order valence-electron chi connectivity index (χ1n) is 10.1. The van der Waals surface area contributed by atoms with Crippen LogP contribution in [-0.4, -0.2) is 35.0 Å². The highest BCUT2D eigenvalue weighted by molar-refractivity contribution is 5.94. The molecule has 0 radical (unpaired) electrons. The van der Waals surface area contributed by atoms with E-state index in [1.54, 1.807) is 17.0 Å². The van der Waals surface area contributed by atoms with Gasteiger partial charge in [0.05, 0.1) is 13.2 Å². The van der Waals surface area contributed by atoms with Crippen LogP contribution in [0.3, 0.4) is 0 Å². The number of aliphatic hydroxyl groups is 1. The topological polar surface area (TPSA) is 61.5 Å². The van der Waals surface area contributed by atoms with E-state index in [0.29, 0.717) is 6.42 Å². The summed E-state index contributed by atoms with van der Waals surface area (Å²) < 4.78 is 1.73. The van der Waals surface area contributed by atoms with Crippen LogP contribution >= 0.6 is 0 Å². The zero-order valence-corrected chi connectivity index (χ0v) is 16.2. The number of carbonyl (C=O) groups is 2. The van der Waals surface area contributed by atoms with Gasteiger partial charge in [0.15, 0.2) is 12.4 Å². The summed E-state index contributed by atoms with van der Waals surface area (Å²) in [4.78, 5) is 25.9. The summed E-state index contributed by atoms with van der Waals surface area (Å²) in [5.74, 6) is -0.445. The fraction of sp³-hybridized carbons (Fsp3) is 0.667. The third-order valence-electron chi connectivity index (χ3n) is 4.52. The van der Waals surface area contributed by atoms with Crippen molar-refractivity contribution in [1.29, 1.82) is 0 Å². The molecule has 1 rings (SSSR count). The molecular weight excluding hydrogens is 328 g/mol. The molecule has 0 aliphatic carbocycles. The van der Waals surface area contributed by atoms with Crippen LogP contribution in [-0.2, 0) is 16.1 Å². The Balaban J connectivity index is 2.26. The maximum absolute atomic E-state index is 12.4. The number of aliphatic hydroxyl groups excluding tert-OH is 1. The molecule has 1 aromatic heterocycles. The van der Waals surface area contributed by atoms with Gasteiger partial charge in [0.1, 0.15) is 0 Å². The molecule has 146 valence electrons. The summed E-state index contributed by atoms with van der Waals surface area (Å²) in [6.45, 7) is 2.21. The highest BCUT2D eigenvalue weighted by Crippen LogP contribution is 2.11. The number of amides is 2. The predicted octanol–water partition coefficient (Wildman–Crippen LogP) is 3.24. The average molecular weight is 364 g/mol. The lowest BCUT2D eigenvalue weighted by Crippen LogP contribution is -2.47. The lowest BCUT2D eigenvalue weighted by Gasteiger charge is -2.18. The number of pyridine rings is 1. The standard InChI is InChI=1S/C21H35N2O3/c1-2-3-4-5-6-7-8-9-11-14-20(25)23(17-18-24)21(26)19-22-15-12-10-13-16-22/h10,12-13,15-16,24H,2-9,11,14,17-19H2,1H3/q+1. The highest BCUT2D eigenvalue weighted by Gasteiger charge is 2.23. The van der Waals surface area contributed by atoms with Crippen LogP contribution in [0.4, 0.5) is 0 Å². The summed E-state index contributed by atoms with van der Waals surface area (Å²) in [5, 5.41) is 9.18. The first-order chi connectivity index (χ1) is 12.7. The second kappa shape index (κ2) is 14.4. The molecule has 0 spiro atoms. The monoisotopic (exact) mass is 363 g/mol. The zero-order valence-electron chi connectivity index (χ0n) is 16.2. The SMILES string of the molecule is CCCCCCCCCCCC(=O)N(CCO)C(=O)C[n+]1ccccc1. The van der Waals surface area contributed by atoms with Crippen LogP contribution < -0.4 is 4.57 Å². The number of hydrogen-bond donors (Lipinski definition) is 1. The number of carbonyl (C=O) groups excluding carboxylic acids is 2. The van der Waals surface area contributed by atoms with Crippen molar-refractivity contribution >= 4 is 11.8 Å². The van der Waals surface area contributed by atoms with Crippen molar-refractivity contribution in [2.75, 3.05) is 13.2 Å². The molecule has 1 aromatic rings. The van der Waals surface area contributed by atoms with Gasteiger partial charge in [-0.05, 0) is 6.42 Å². The summed E-state index contributed by atoms with van der Waals surface area (Å²) in [6, 6.07) is 5.56. The fourth-order valence-corrected chi connectivity index (χ4v) is 2.99. The lowest BCUT2D eigenvalue weighted by atomic mass is 10.1. The molecule has 0 bridgehead atoms. The van der Waals surface area contributed by atoms with E-state index >= 15 is 0 Å². The van der Waals surface area contributed by atoms with E-state index in [1.807, 2.05) is 18.2 Å². The van der Waals surface area contributed by atoms with Gasteiger partial charge < -0.3 is 5.11 Å². The predicted molar refractivity (Wildman–Crippen MR) is 102 cm³/mol. The van der Waals surface area contributed by atoms with Crippen LogP contribution in [0.25, 0.3) is 0 Å². The van der Waals surface area contributed by atoms with E-state index in [1.165, 1.54) is 43.4 Å². The molecule has 0 atom stereocenters. The van der Waals surface area contributed by atoms with E-state index in [-0.39, 0.29) is 31.5 Å². The minimum absolute atomic E-state index is 0.0719. The van der Waals surface area contributed by atoms with Crippen LogP contribution in [0.15, 0.2) is 30.6 Å². The lowest BCUT2D eigenvalue weighted by molar-refractivity contribution is -0.685. The Kier molecular flexibility index (Phi) is 12.4. The fourth-order valence-electron chi connectivity index (χ4n) is 2.99. The molecule has 0 fully saturated rings. The van der Waals surface area contributed by atoms with Gasteiger partial charge in [-0.2, -0.15) is 4.57 Å². The maximum atomic E-state index is 12.4. The summed E-state index contributed by atoms with van der Waals surface area (Å²) in [7, 11) is 0. The Bertz CT molecular complexity index is 505. The minimum atomic E-state index is -0.267. The maximum Gasteiger partial charge on any atom is 0.295 e. The summed E-state index contributed by atoms with van der Waals surface area (Å²) >= 11 is 0. The molecule has 0 aromatic carbocycles. The van der Waals surface area contributed by atoms with Gasteiger partial charge in [-0.15, -0.1) is 0 Å². The van der Waals surface area contributed by atoms with Crippen molar-refractivity contribution in [2.24, 2.45) is 0 Å². The Morgan fingerprint density at radius 1 is 0.846 bits per heavy atom. The number of unbranched alkanes of at least 4 members (excludes halogenated alkanes) is 8. The van der Waals surface area contributed by atoms with Crippen molar-refractivity contribution in [3.05, 3.63) is 30.6 Å². The van der Waals surface area contributed by atoms with Crippen molar-refractivity contribution < 1.29 is 19.3 Å². The van der Waals surface area contributed by atoms with Gasteiger partial charge in [0, 0.05) is 18.6 Å². The molecule has 1 N–H and O–H groups in total. The Labute approximate surface area is 158 Å². The Morgan fingerprint density at radius 3 is 2.00 bits per heavy atom. The number of rotatable bonds is 14. The molecule has 26 heavy (non-hydrogen) atoms. The largest absolute Gasteiger partial charge is 0.395 e. The van der Waals surface area contributed by atoms with Crippen LogP contribution in [0.5, 0.6) is 0 Å². The third-order valence-corrected chi connectivity index (χ3v) is 4.52. The van der Waals surface area contributed by atoms with E-state index in [4.69, 9.17) is 0 Å². The van der Waals surface area contributed by atoms with Gasteiger partial charge in [0.25, 0.3) is 5.91 Å². The molecular formula is C21H35N2O3+. The van der Waals surface area contributed by atoms with Gasteiger partial charge in [-0.25, -0.2) is 0 Å². The molecule has 5 heteroatoms. The smallest absolute Gasteiger partial charge is 0.295 e. The number of nitrogens with zero attached hydrogens (tertiary/aromatic N) is 2. The van der Waals surface area contributed by atoms with E-state index in [2.05, 4.69) is 6.92 Å². The van der Waals surface area contributed by atoms with Crippen molar-refractivity contribution in [3.63, 3.8) is 0 Å². The zero-order chi connectivity index (χ0) is 19.0. The average Bonchev–Trinajstić information content (AvgIpc) is 2.65. The summed E-state index contributed by atoms with van der Waals surface area (Å²) in [6.07, 6.45) is 14.7. The Hall–Kier alpha value is -1.75. The van der Waals surface area contributed by atoms with Crippen molar-refractivity contribution in [1.82, 2.24) is 4.90 Å². The number of imide groups is 1. The van der Waals surface area contributed by atoms with Crippen LogP contribution in [0, 0.1) is 0 Å². The molecule has 0 aliphatic heterocycles. The quantitative estimate of drug-likeness (QED) is 0.408. The summed E-state index contributed by atoms with van der Waals surface area (Å²) in [5.41, 5.74) is 0. The minimum Gasteiger partial charge on any atom is -0.395 e. The van der Waals surface area contributed by atoms with E-state index < -0.39 is 0 Å². The molecule has 1 heterocycles. The number of aromatic nitrogens is 1. The molecule has 0 unspecified atom stereocenters. The molecule has 2 amide bonds. The molecule has 0 saturated heterocycles. The van der Waals surface area contributed by atoms with Gasteiger partial charge in [-0.1, -0.05) is 64.4 Å². The first-order valence-corrected chi connectivity index (χ1v) is 10.1. The van der Waals surface area contributed by atoms with Crippen LogP contribution in [0.2, 0.25) is 0 Å². The van der Waals surface area contributed by atoms with E-state index in [0.717, 1.165) is 19.3 Å². The molecule has 0 saturated carbocycles. The van der Waals surface area contributed by atoms with Gasteiger partial charge >= 0.3 is 0 Å². The normalized spacial score (nSPS) is 10.7.